The second kappa shape index (κ2) is 4.96. The fourth-order valence-electron chi connectivity index (χ4n) is 1.96. The zero-order chi connectivity index (χ0) is 14.3. The number of nitrogen functional groups attached to an aromatic ring is 1. The van der Waals surface area contributed by atoms with Gasteiger partial charge in [-0.1, -0.05) is 11.6 Å². The molecule has 0 amide bonds. The number of aromatic nitrogens is 3. The highest BCUT2D eigenvalue weighted by Crippen LogP contribution is 2.35. The van der Waals surface area contributed by atoms with E-state index in [4.69, 9.17) is 22.1 Å². The first-order chi connectivity index (χ1) is 9.60. The van der Waals surface area contributed by atoms with Crippen molar-refractivity contribution in [1.29, 1.82) is 0 Å². The minimum Gasteiger partial charge on any atom is -0.496 e. The summed E-state index contributed by atoms with van der Waals surface area (Å²) in [5.41, 5.74) is 7.72. The minimum absolute atomic E-state index is 0.451. The van der Waals surface area contributed by atoms with Gasteiger partial charge in [0.2, 0.25) is 0 Å². The Morgan fingerprint density at radius 2 is 2.10 bits per heavy atom. The van der Waals surface area contributed by atoms with Crippen molar-refractivity contribution in [2.75, 3.05) is 12.8 Å². The van der Waals surface area contributed by atoms with Gasteiger partial charge < -0.3 is 10.5 Å². The van der Waals surface area contributed by atoms with Crippen LogP contribution in [0.15, 0.2) is 34.9 Å². The highest BCUT2D eigenvalue weighted by molar-refractivity contribution is 9.10. The van der Waals surface area contributed by atoms with E-state index in [-0.39, 0.29) is 0 Å². The van der Waals surface area contributed by atoms with Crippen LogP contribution in [0.3, 0.4) is 0 Å². The molecular formula is C13H10BrClN4O. The smallest absolute Gasteiger partial charge is 0.172 e. The van der Waals surface area contributed by atoms with Crippen molar-refractivity contribution in [3.63, 3.8) is 0 Å². The molecule has 0 radical (unpaired) electrons. The van der Waals surface area contributed by atoms with Gasteiger partial charge in [0, 0.05) is 16.7 Å². The fourth-order valence-corrected chi connectivity index (χ4v) is 2.46. The van der Waals surface area contributed by atoms with Crippen LogP contribution >= 0.6 is 27.5 Å². The van der Waals surface area contributed by atoms with Gasteiger partial charge in [-0.3, -0.25) is 4.40 Å². The summed E-state index contributed by atoms with van der Waals surface area (Å²) in [6.45, 7) is 0. The third kappa shape index (κ3) is 2.10. The van der Waals surface area contributed by atoms with Gasteiger partial charge in [0.1, 0.15) is 5.75 Å². The number of hydrogen-bond acceptors (Lipinski definition) is 4. The van der Waals surface area contributed by atoms with E-state index in [1.807, 2.05) is 22.7 Å². The summed E-state index contributed by atoms with van der Waals surface area (Å²) in [5, 5.41) is 8.78. The number of anilines is 1. The maximum Gasteiger partial charge on any atom is 0.172 e. The Labute approximate surface area is 128 Å². The Kier molecular flexibility index (Phi) is 3.27. The molecule has 2 aromatic heterocycles. The number of rotatable bonds is 2. The molecule has 3 rings (SSSR count). The van der Waals surface area contributed by atoms with E-state index in [1.54, 1.807) is 19.2 Å². The van der Waals surface area contributed by atoms with Crippen LogP contribution in [0, 0.1) is 0 Å². The fraction of sp³-hybridized carbons (Fsp3) is 0.0769. The molecule has 2 N–H and O–H groups in total. The van der Waals surface area contributed by atoms with Gasteiger partial charge in [-0.15, -0.1) is 10.2 Å². The maximum absolute atomic E-state index is 6.09. The van der Waals surface area contributed by atoms with E-state index in [1.165, 1.54) is 0 Å². The second-order valence-electron chi connectivity index (χ2n) is 4.17. The quantitative estimate of drug-likeness (QED) is 0.717. The first-order valence-electron chi connectivity index (χ1n) is 5.74. The molecule has 0 fully saturated rings. The summed E-state index contributed by atoms with van der Waals surface area (Å²) in [6, 6.07) is 7.18. The standard InChI is InChI=1S/C13H10BrClN4O/c1-20-11-5-10(16)9(15)4-8(11)13-18-17-12-3-2-7(14)6-19(12)13/h2-6H,16H2,1H3. The van der Waals surface area contributed by atoms with Crippen molar-refractivity contribution in [3.8, 4) is 17.1 Å². The molecule has 2 heterocycles. The van der Waals surface area contributed by atoms with Gasteiger partial charge in [-0.2, -0.15) is 0 Å². The summed E-state index contributed by atoms with van der Waals surface area (Å²) in [4.78, 5) is 0. The van der Waals surface area contributed by atoms with E-state index >= 15 is 0 Å². The van der Waals surface area contributed by atoms with Crippen LogP contribution < -0.4 is 10.5 Å². The zero-order valence-electron chi connectivity index (χ0n) is 10.5. The molecule has 0 atom stereocenters. The van der Waals surface area contributed by atoms with Crippen LogP contribution in [-0.2, 0) is 0 Å². The average molecular weight is 354 g/mol. The minimum atomic E-state index is 0.451. The predicted octanol–water partition coefficient (Wildman–Crippen LogP) is 3.40. The number of pyridine rings is 1. The summed E-state index contributed by atoms with van der Waals surface area (Å²) in [7, 11) is 1.57. The van der Waals surface area contributed by atoms with Crippen LogP contribution in [0.4, 0.5) is 5.69 Å². The monoisotopic (exact) mass is 352 g/mol. The zero-order valence-corrected chi connectivity index (χ0v) is 12.8. The van der Waals surface area contributed by atoms with E-state index in [0.29, 0.717) is 22.3 Å². The van der Waals surface area contributed by atoms with Gasteiger partial charge in [-0.25, -0.2) is 0 Å². The molecule has 20 heavy (non-hydrogen) atoms. The largest absolute Gasteiger partial charge is 0.496 e. The normalized spacial score (nSPS) is 10.9. The number of benzene rings is 1. The maximum atomic E-state index is 6.09. The second-order valence-corrected chi connectivity index (χ2v) is 5.50. The lowest BCUT2D eigenvalue weighted by Crippen LogP contribution is -1.96. The lowest BCUT2D eigenvalue weighted by molar-refractivity contribution is 0.416. The van der Waals surface area contributed by atoms with Crippen molar-refractivity contribution < 1.29 is 4.74 Å². The van der Waals surface area contributed by atoms with Gasteiger partial charge in [-0.05, 0) is 34.1 Å². The molecule has 1 aromatic carbocycles. The van der Waals surface area contributed by atoms with Crippen molar-refractivity contribution in [2.24, 2.45) is 0 Å². The third-order valence-corrected chi connectivity index (χ3v) is 3.72. The highest BCUT2D eigenvalue weighted by atomic mass is 79.9. The van der Waals surface area contributed by atoms with Gasteiger partial charge in [0.05, 0.1) is 23.4 Å². The van der Waals surface area contributed by atoms with Crippen molar-refractivity contribution in [3.05, 3.63) is 40.0 Å². The Hall–Kier alpha value is -1.79. The third-order valence-electron chi connectivity index (χ3n) is 2.93. The summed E-state index contributed by atoms with van der Waals surface area (Å²) < 4.78 is 8.13. The lowest BCUT2D eigenvalue weighted by atomic mass is 10.1. The van der Waals surface area contributed by atoms with E-state index in [2.05, 4.69) is 26.1 Å². The molecule has 102 valence electrons. The van der Waals surface area contributed by atoms with Crippen molar-refractivity contribution in [2.45, 2.75) is 0 Å². The number of fused-ring (bicyclic) bond motifs is 1. The summed E-state index contributed by atoms with van der Waals surface area (Å²) in [6.07, 6.45) is 1.88. The Morgan fingerprint density at radius 3 is 2.85 bits per heavy atom. The number of methoxy groups -OCH3 is 1. The molecule has 0 unspecified atom stereocenters. The highest BCUT2D eigenvalue weighted by Gasteiger charge is 2.15. The van der Waals surface area contributed by atoms with Gasteiger partial charge >= 0.3 is 0 Å². The van der Waals surface area contributed by atoms with E-state index < -0.39 is 0 Å². The molecule has 3 aromatic rings. The topological polar surface area (TPSA) is 65.4 Å². The SMILES string of the molecule is COc1cc(N)c(Cl)cc1-c1nnc2ccc(Br)cn12. The average Bonchev–Trinajstić information content (AvgIpc) is 2.84. The number of halogens is 2. The molecule has 0 spiro atoms. The molecule has 0 bridgehead atoms. The van der Waals surface area contributed by atoms with Crippen LogP contribution in [-0.4, -0.2) is 21.7 Å². The molecular weight excluding hydrogens is 344 g/mol. The van der Waals surface area contributed by atoms with Crippen LogP contribution in [0.2, 0.25) is 5.02 Å². The van der Waals surface area contributed by atoms with Crippen molar-refractivity contribution >= 4 is 38.9 Å². The molecule has 0 aliphatic rings. The van der Waals surface area contributed by atoms with Crippen molar-refractivity contribution in [1.82, 2.24) is 14.6 Å². The van der Waals surface area contributed by atoms with Gasteiger partial charge in [0.25, 0.3) is 0 Å². The van der Waals surface area contributed by atoms with E-state index in [0.717, 1.165) is 15.7 Å². The molecule has 0 aliphatic carbocycles. The van der Waals surface area contributed by atoms with E-state index in [9.17, 15) is 0 Å². The molecule has 0 saturated carbocycles. The number of ether oxygens (including phenoxy) is 1. The Bertz CT molecular complexity index is 802. The van der Waals surface area contributed by atoms with Gasteiger partial charge in [0.15, 0.2) is 11.5 Å². The Morgan fingerprint density at radius 1 is 1.30 bits per heavy atom. The number of nitrogens with two attached hydrogens (primary N) is 1. The molecule has 5 nitrogen and oxygen atoms in total. The number of nitrogens with zero attached hydrogens (tertiary/aromatic N) is 3. The first-order valence-corrected chi connectivity index (χ1v) is 6.91. The number of hydrogen-bond donors (Lipinski definition) is 1. The molecule has 0 saturated heterocycles. The Balaban J connectivity index is 2.30. The van der Waals surface area contributed by atoms with Crippen LogP contribution in [0.5, 0.6) is 5.75 Å². The molecule has 0 aliphatic heterocycles. The predicted molar refractivity (Wildman–Crippen MR) is 82.1 cm³/mol. The summed E-state index contributed by atoms with van der Waals surface area (Å²) >= 11 is 9.53. The molecule has 7 heteroatoms. The lowest BCUT2D eigenvalue weighted by Gasteiger charge is -2.09. The summed E-state index contributed by atoms with van der Waals surface area (Å²) in [5.74, 6) is 1.24. The van der Waals surface area contributed by atoms with Crippen LogP contribution in [0.1, 0.15) is 0 Å². The first kappa shape index (κ1) is 13.2. The van der Waals surface area contributed by atoms with Crippen LogP contribution in [0.25, 0.3) is 17.0 Å².